The van der Waals surface area contributed by atoms with E-state index in [1.807, 2.05) is 12.1 Å². The fourth-order valence-corrected chi connectivity index (χ4v) is 5.13. The highest BCUT2D eigenvalue weighted by molar-refractivity contribution is 7.92. The summed E-state index contributed by atoms with van der Waals surface area (Å²) in [5.41, 5.74) is 5.41. The summed E-state index contributed by atoms with van der Waals surface area (Å²) in [6.07, 6.45) is 0. The van der Waals surface area contributed by atoms with Crippen LogP contribution >= 0.6 is 11.6 Å². The topological polar surface area (TPSA) is 83.9 Å². The zero-order valence-electron chi connectivity index (χ0n) is 11.5. The standard InChI is InChI=1S/C16H13ClN2O2S/c17-12-6-8-13(9-7-12)22(20,21)15-14(16(15,19)10-18)11-4-2-1-3-5-11/h1-9,14-15H,19H2/t14-,15-,16-/m0/s1. The molecule has 0 bridgehead atoms. The number of halogens is 1. The maximum atomic E-state index is 12.8. The van der Waals surface area contributed by atoms with E-state index in [2.05, 4.69) is 0 Å². The number of hydrogen-bond donors (Lipinski definition) is 1. The van der Waals surface area contributed by atoms with E-state index in [9.17, 15) is 13.7 Å². The molecule has 3 rings (SSSR count). The Morgan fingerprint density at radius 1 is 1.09 bits per heavy atom. The largest absolute Gasteiger partial charge is 0.312 e. The van der Waals surface area contributed by atoms with Gasteiger partial charge in [-0.05, 0) is 29.8 Å². The number of nitrogens with two attached hydrogens (primary N) is 1. The van der Waals surface area contributed by atoms with Crippen LogP contribution in [0.4, 0.5) is 0 Å². The molecule has 112 valence electrons. The van der Waals surface area contributed by atoms with Crippen LogP contribution in [0.1, 0.15) is 11.5 Å². The summed E-state index contributed by atoms with van der Waals surface area (Å²) in [5.74, 6) is -0.528. The van der Waals surface area contributed by atoms with Crippen molar-refractivity contribution < 1.29 is 8.42 Å². The van der Waals surface area contributed by atoms with Crippen LogP contribution in [0.15, 0.2) is 59.5 Å². The third kappa shape index (κ3) is 2.20. The smallest absolute Gasteiger partial charge is 0.184 e. The van der Waals surface area contributed by atoms with Crippen LogP contribution in [0.5, 0.6) is 0 Å². The first kappa shape index (κ1) is 15.0. The van der Waals surface area contributed by atoms with Crippen LogP contribution in [0.2, 0.25) is 5.02 Å². The molecule has 2 aromatic carbocycles. The summed E-state index contributed by atoms with van der Waals surface area (Å²) in [6, 6.07) is 16.9. The summed E-state index contributed by atoms with van der Waals surface area (Å²) in [5, 5.41) is 8.86. The molecule has 22 heavy (non-hydrogen) atoms. The number of nitrogens with zero attached hydrogens (tertiary/aromatic N) is 1. The van der Waals surface area contributed by atoms with Crippen molar-refractivity contribution in [2.24, 2.45) is 5.73 Å². The average Bonchev–Trinajstić information content (AvgIpc) is 3.16. The third-order valence-electron chi connectivity index (χ3n) is 4.01. The lowest BCUT2D eigenvalue weighted by atomic mass is 10.1. The van der Waals surface area contributed by atoms with E-state index in [-0.39, 0.29) is 4.90 Å². The van der Waals surface area contributed by atoms with Crippen molar-refractivity contribution in [3.8, 4) is 6.07 Å². The Labute approximate surface area is 134 Å². The Hall–Kier alpha value is -1.87. The first-order valence-electron chi connectivity index (χ1n) is 6.66. The number of benzene rings is 2. The van der Waals surface area contributed by atoms with E-state index in [0.29, 0.717) is 5.02 Å². The molecule has 1 aliphatic rings. The number of hydrogen-bond acceptors (Lipinski definition) is 4. The van der Waals surface area contributed by atoms with E-state index in [1.165, 1.54) is 24.3 Å². The molecule has 6 heteroatoms. The van der Waals surface area contributed by atoms with Gasteiger partial charge in [0.2, 0.25) is 0 Å². The summed E-state index contributed by atoms with van der Waals surface area (Å²) in [4.78, 5) is 0.130. The predicted molar refractivity (Wildman–Crippen MR) is 84.1 cm³/mol. The Kier molecular flexibility index (Phi) is 3.48. The highest BCUT2D eigenvalue weighted by Crippen LogP contribution is 2.55. The normalized spacial score (nSPS) is 27.1. The summed E-state index contributed by atoms with van der Waals surface area (Å²) in [7, 11) is -3.71. The number of sulfone groups is 1. The molecular weight excluding hydrogens is 320 g/mol. The summed E-state index contributed by atoms with van der Waals surface area (Å²) >= 11 is 5.79. The van der Waals surface area contributed by atoms with Gasteiger partial charge in [-0.25, -0.2) is 8.42 Å². The predicted octanol–water partition coefficient (Wildman–Crippen LogP) is 2.50. The SMILES string of the molecule is N#C[C@]1(N)[C@@H](c2ccccc2)[C@@H]1S(=O)(=O)c1ccc(Cl)cc1. The molecule has 0 aromatic heterocycles. The van der Waals surface area contributed by atoms with Crippen molar-refractivity contribution >= 4 is 21.4 Å². The van der Waals surface area contributed by atoms with E-state index >= 15 is 0 Å². The van der Waals surface area contributed by atoms with Crippen LogP contribution < -0.4 is 5.73 Å². The molecule has 1 aliphatic carbocycles. The van der Waals surface area contributed by atoms with Gasteiger partial charge in [-0.3, -0.25) is 0 Å². The van der Waals surface area contributed by atoms with Crippen molar-refractivity contribution in [2.75, 3.05) is 0 Å². The molecule has 2 aromatic rings. The second-order valence-electron chi connectivity index (χ2n) is 5.35. The summed E-state index contributed by atoms with van der Waals surface area (Å²) in [6.45, 7) is 0. The highest BCUT2D eigenvalue weighted by atomic mass is 35.5. The average molecular weight is 333 g/mol. The van der Waals surface area contributed by atoms with Crippen molar-refractivity contribution in [3.63, 3.8) is 0 Å². The minimum absolute atomic E-state index is 0.130. The number of rotatable bonds is 3. The first-order chi connectivity index (χ1) is 10.4. The first-order valence-corrected chi connectivity index (χ1v) is 8.58. The van der Waals surface area contributed by atoms with Gasteiger partial charge in [-0.2, -0.15) is 5.26 Å². The molecular formula is C16H13ClN2O2S. The lowest BCUT2D eigenvalue weighted by Crippen LogP contribution is -2.29. The molecule has 4 nitrogen and oxygen atoms in total. The van der Waals surface area contributed by atoms with Gasteiger partial charge in [0.15, 0.2) is 9.84 Å². The Balaban J connectivity index is 2.04. The van der Waals surface area contributed by atoms with Crippen molar-refractivity contribution in [1.82, 2.24) is 0 Å². The van der Waals surface area contributed by atoms with E-state index in [1.54, 1.807) is 24.3 Å². The van der Waals surface area contributed by atoms with E-state index in [4.69, 9.17) is 17.3 Å². The van der Waals surface area contributed by atoms with Crippen molar-refractivity contribution in [3.05, 3.63) is 65.2 Å². The van der Waals surface area contributed by atoms with Crippen molar-refractivity contribution in [1.29, 1.82) is 5.26 Å². The lowest BCUT2D eigenvalue weighted by molar-refractivity contribution is 0.592. The second kappa shape index (κ2) is 5.10. The molecule has 2 N–H and O–H groups in total. The Morgan fingerprint density at radius 2 is 1.68 bits per heavy atom. The molecule has 3 atom stereocenters. The monoisotopic (exact) mass is 332 g/mol. The maximum Gasteiger partial charge on any atom is 0.184 e. The third-order valence-corrected chi connectivity index (χ3v) is 6.52. The molecule has 0 amide bonds. The van der Waals surface area contributed by atoms with Crippen LogP contribution in [0.25, 0.3) is 0 Å². The zero-order valence-corrected chi connectivity index (χ0v) is 13.1. The number of nitriles is 1. The molecule has 0 radical (unpaired) electrons. The van der Waals surface area contributed by atoms with Crippen LogP contribution in [-0.2, 0) is 9.84 Å². The minimum Gasteiger partial charge on any atom is -0.312 e. The van der Waals surface area contributed by atoms with Gasteiger partial charge in [0.1, 0.15) is 10.8 Å². The molecule has 0 spiro atoms. The van der Waals surface area contributed by atoms with Gasteiger partial charge < -0.3 is 5.73 Å². The van der Waals surface area contributed by atoms with Crippen LogP contribution in [0.3, 0.4) is 0 Å². The second-order valence-corrected chi connectivity index (χ2v) is 7.86. The molecule has 0 heterocycles. The molecule has 0 unspecified atom stereocenters. The van der Waals surface area contributed by atoms with Gasteiger partial charge in [-0.15, -0.1) is 0 Å². The molecule has 0 aliphatic heterocycles. The van der Waals surface area contributed by atoms with Gasteiger partial charge in [0.05, 0.1) is 11.0 Å². The molecule has 0 saturated heterocycles. The molecule has 1 saturated carbocycles. The van der Waals surface area contributed by atoms with Gasteiger partial charge in [-0.1, -0.05) is 41.9 Å². The van der Waals surface area contributed by atoms with Crippen LogP contribution in [0, 0.1) is 11.3 Å². The van der Waals surface area contributed by atoms with E-state index in [0.717, 1.165) is 5.56 Å². The quantitative estimate of drug-likeness (QED) is 0.936. The highest BCUT2D eigenvalue weighted by Gasteiger charge is 2.70. The maximum absolute atomic E-state index is 12.8. The Bertz CT molecular complexity index is 844. The van der Waals surface area contributed by atoms with E-state index < -0.39 is 26.5 Å². The zero-order chi connectivity index (χ0) is 16.0. The molecule has 1 fully saturated rings. The van der Waals surface area contributed by atoms with Crippen LogP contribution in [-0.4, -0.2) is 19.2 Å². The lowest BCUT2D eigenvalue weighted by Gasteiger charge is -2.04. The van der Waals surface area contributed by atoms with Gasteiger partial charge in [0.25, 0.3) is 0 Å². The summed E-state index contributed by atoms with van der Waals surface area (Å²) < 4.78 is 25.6. The fraction of sp³-hybridized carbons (Fsp3) is 0.188. The fourth-order valence-electron chi connectivity index (χ4n) is 2.83. The Morgan fingerprint density at radius 3 is 2.23 bits per heavy atom. The van der Waals surface area contributed by atoms with Crippen molar-refractivity contribution in [2.45, 2.75) is 21.6 Å². The van der Waals surface area contributed by atoms with Gasteiger partial charge in [0, 0.05) is 10.9 Å². The minimum atomic E-state index is -3.71. The van der Waals surface area contributed by atoms with Gasteiger partial charge >= 0.3 is 0 Å².